The molecular weight excluding hydrogens is 248 g/mol. The van der Waals surface area contributed by atoms with Crippen LogP contribution in [0.4, 0.5) is 11.4 Å². The number of nitrogens with zero attached hydrogens (tertiary/aromatic N) is 2. The van der Waals surface area contributed by atoms with Crippen molar-refractivity contribution in [3.63, 3.8) is 0 Å². The number of hydrazine groups is 1. The predicted octanol–water partition coefficient (Wildman–Crippen LogP) is 1.35. The number of nitro benzene ring substituents is 1. The molecule has 7 heteroatoms. The normalized spacial score (nSPS) is 12.5. The van der Waals surface area contributed by atoms with Crippen LogP contribution in [0.15, 0.2) is 18.2 Å². The van der Waals surface area contributed by atoms with Crippen molar-refractivity contribution >= 4 is 11.4 Å². The van der Waals surface area contributed by atoms with Crippen LogP contribution in [-0.2, 0) is 11.3 Å². The average Bonchev–Trinajstić information content (AvgIpc) is 2.38. The number of nitrogens with one attached hydrogen (secondary N) is 1. The first kappa shape index (κ1) is 15.4. The third-order valence-corrected chi connectivity index (χ3v) is 2.84. The quantitative estimate of drug-likeness (QED) is 0.440. The van der Waals surface area contributed by atoms with Gasteiger partial charge >= 0.3 is 0 Å². The van der Waals surface area contributed by atoms with Crippen LogP contribution in [0, 0.1) is 10.1 Å². The van der Waals surface area contributed by atoms with Crippen LogP contribution in [-0.4, -0.2) is 36.6 Å². The molecule has 0 aliphatic carbocycles. The van der Waals surface area contributed by atoms with Crippen molar-refractivity contribution in [3.8, 4) is 0 Å². The molecule has 1 rings (SSSR count). The zero-order valence-corrected chi connectivity index (χ0v) is 11.4. The van der Waals surface area contributed by atoms with Crippen molar-refractivity contribution < 1.29 is 9.66 Å². The summed E-state index contributed by atoms with van der Waals surface area (Å²) in [4.78, 5) is 12.5. The average molecular weight is 268 g/mol. The third-order valence-electron chi connectivity index (χ3n) is 2.84. The minimum atomic E-state index is -0.448. The van der Waals surface area contributed by atoms with Gasteiger partial charge in [-0.2, -0.15) is 0 Å². The molecule has 1 unspecified atom stereocenters. The maximum atomic E-state index is 10.9. The van der Waals surface area contributed by atoms with Gasteiger partial charge in [0.15, 0.2) is 0 Å². The Kier molecular flexibility index (Phi) is 5.68. The minimum absolute atomic E-state index is 0.0202. The maximum Gasteiger partial charge on any atom is 0.293 e. The highest BCUT2D eigenvalue weighted by molar-refractivity contribution is 5.61. The van der Waals surface area contributed by atoms with Crippen LogP contribution in [0.2, 0.25) is 0 Å². The topological polar surface area (TPSA) is 93.7 Å². The van der Waals surface area contributed by atoms with Crippen LogP contribution in [0.25, 0.3) is 0 Å². The number of likely N-dealkylation sites (N-methyl/N-ethyl adjacent to an activating group) is 1. The van der Waals surface area contributed by atoms with E-state index in [2.05, 4.69) is 5.43 Å². The van der Waals surface area contributed by atoms with E-state index in [4.69, 9.17) is 10.6 Å². The molecule has 0 spiro atoms. The van der Waals surface area contributed by atoms with E-state index in [0.717, 1.165) is 12.1 Å². The van der Waals surface area contributed by atoms with E-state index < -0.39 is 4.92 Å². The van der Waals surface area contributed by atoms with Gasteiger partial charge in [0.2, 0.25) is 0 Å². The van der Waals surface area contributed by atoms with Crippen LogP contribution in [0.1, 0.15) is 12.5 Å². The Bertz CT molecular complexity index is 439. The van der Waals surface area contributed by atoms with E-state index in [1.54, 1.807) is 13.2 Å². The molecule has 3 N–H and O–H groups in total. The highest BCUT2D eigenvalue weighted by Crippen LogP contribution is 2.25. The Morgan fingerprint density at radius 2 is 2.26 bits per heavy atom. The number of nitro groups is 1. The molecule has 0 aliphatic rings. The molecule has 1 aromatic carbocycles. The van der Waals surface area contributed by atoms with Gasteiger partial charge in [-0.15, -0.1) is 0 Å². The number of rotatable bonds is 7. The standard InChI is InChI=1S/C12H20N4O3/c1-9(19-3)7-15(2)8-10-4-5-11(14-13)12(6-10)16(17)18/h4-6,9,14H,7-8,13H2,1-3H3. The Labute approximate surface area is 112 Å². The second-order valence-electron chi connectivity index (χ2n) is 4.50. The number of nitrogens with two attached hydrogens (primary N) is 1. The molecule has 0 radical (unpaired) electrons. The van der Waals surface area contributed by atoms with E-state index in [1.807, 2.05) is 24.9 Å². The van der Waals surface area contributed by atoms with E-state index in [0.29, 0.717) is 12.2 Å². The van der Waals surface area contributed by atoms with Crippen molar-refractivity contribution in [2.75, 3.05) is 26.1 Å². The number of ether oxygens (including phenoxy) is 1. The van der Waals surface area contributed by atoms with Gasteiger partial charge < -0.3 is 10.2 Å². The van der Waals surface area contributed by atoms with Gasteiger partial charge in [0, 0.05) is 26.3 Å². The summed E-state index contributed by atoms with van der Waals surface area (Å²) in [6.45, 7) is 3.33. The molecule has 0 aliphatic heterocycles. The molecule has 0 heterocycles. The third kappa shape index (κ3) is 4.47. The number of hydrogen-bond donors (Lipinski definition) is 2. The van der Waals surface area contributed by atoms with E-state index in [1.165, 1.54) is 6.07 Å². The summed E-state index contributed by atoms with van der Waals surface area (Å²) in [6.07, 6.45) is 0.116. The lowest BCUT2D eigenvalue weighted by atomic mass is 10.1. The first-order chi connectivity index (χ1) is 8.97. The monoisotopic (exact) mass is 268 g/mol. The summed E-state index contributed by atoms with van der Waals surface area (Å²) in [5.41, 5.74) is 3.47. The van der Waals surface area contributed by atoms with Gasteiger partial charge in [0.1, 0.15) is 5.69 Å². The Morgan fingerprint density at radius 3 is 2.79 bits per heavy atom. The van der Waals surface area contributed by atoms with E-state index in [9.17, 15) is 10.1 Å². The summed E-state index contributed by atoms with van der Waals surface area (Å²) < 4.78 is 5.18. The highest BCUT2D eigenvalue weighted by atomic mass is 16.6. The lowest BCUT2D eigenvalue weighted by molar-refractivity contribution is -0.384. The van der Waals surface area contributed by atoms with Gasteiger partial charge in [0.25, 0.3) is 5.69 Å². The van der Waals surface area contributed by atoms with Gasteiger partial charge in [-0.1, -0.05) is 6.07 Å². The molecule has 7 nitrogen and oxygen atoms in total. The van der Waals surface area contributed by atoms with Crippen LogP contribution in [0.3, 0.4) is 0 Å². The SMILES string of the molecule is COC(C)CN(C)Cc1ccc(NN)c([N+](=O)[O-])c1. The zero-order valence-electron chi connectivity index (χ0n) is 11.4. The smallest absolute Gasteiger partial charge is 0.293 e. The predicted molar refractivity (Wildman–Crippen MR) is 73.7 cm³/mol. The summed E-state index contributed by atoms with van der Waals surface area (Å²) in [5.74, 6) is 5.24. The van der Waals surface area contributed by atoms with Crippen LogP contribution in [0.5, 0.6) is 0 Å². The van der Waals surface area contributed by atoms with Gasteiger partial charge in [-0.3, -0.25) is 20.9 Å². The molecule has 0 saturated carbocycles. The number of benzene rings is 1. The first-order valence-corrected chi connectivity index (χ1v) is 5.93. The zero-order chi connectivity index (χ0) is 14.4. The molecule has 1 atom stereocenters. The molecule has 19 heavy (non-hydrogen) atoms. The van der Waals surface area contributed by atoms with E-state index >= 15 is 0 Å². The lowest BCUT2D eigenvalue weighted by Crippen LogP contribution is -2.28. The molecule has 106 valence electrons. The maximum absolute atomic E-state index is 10.9. The molecule has 0 bridgehead atoms. The van der Waals surface area contributed by atoms with Gasteiger partial charge in [-0.05, 0) is 25.6 Å². The van der Waals surface area contributed by atoms with Crippen molar-refractivity contribution in [2.45, 2.75) is 19.6 Å². The van der Waals surface area contributed by atoms with Crippen molar-refractivity contribution in [1.29, 1.82) is 0 Å². The van der Waals surface area contributed by atoms with Gasteiger partial charge in [-0.25, -0.2) is 0 Å². The lowest BCUT2D eigenvalue weighted by Gasteiger charge is -2.20. The molecule has 0 amide bonds. The Balaban J connectivity index is 2.79. The molecule has 1 aromatic rings. The fourth-order valence-corrected chi connectivity index (χ4v) is 1.84. The minimum Gasteiger partial charge on any atom is -0.380 e. The second-order valence-corrected chi connectivity index (χ2v) is 4.50. The van der Waals surface area contributed by atoms with Crippen LogP contribution < -0.4 is 11.3 Å². The Morgan fingerprint density at radius 1 is 1.58 bits per heavy atom. The molecule has 0 saturated heterocycles. The Hall–Kier alpha value is -1.70. The summed E-state index contributed by atoms with van der Waals surface area (Å²) in [6, 6.07) is 4.96. The summed E-state index contributed by atoms with van der Waals surface area (Å²) in [5, 5.41) is 10.9. The fraction of sp³-hybridized carbons (Fsp3) is 0.500. The number of nitrogen functional groups attached to an aromatic ring is 1. The number of anilines is 1. The molecule has 0 fully saturated rings. The van der Waals surface area contributed by atoms with Crippen molar-refractivity contribution in [2.24, 2.45) is 5.84 Å². The highest BCUT2D eigenvalue weighted by Gasteiger charge is 2.14. The summed E-state index contributed by atoms with van der Waals surface area (Å²) in [7, 11) is 3.60. The summed E-state index contributed by atoms with van der Waals surface area (Å²) >= 11 is 0. The number of hydrogen-bond acceptors (Lipinski definition) is 6. The fourth-order valence-electron chi connectivity index (χ4n) is 1.84. The largest absolute Gasteiger partial charge is 0.380 e. The van der Waals surface area contributed by atoms with Crippen LogP contribution >= 0.6 is 0 Å². The molecular formula is C12H20N4O3. The van der Waals surface area contributed by atoms with E-state index in [-0.39, 0.29) is 11.8 Å². The van der Waals surface area contributed by atoms with Gasteiger partial charge in [0.05, 0.1) is 11.0 Å². The van der Waals surface area contributed by atoms with Crippen molar-refractivity contribution in [1.82, 2.24) is 4.90 Å². The molecule has 0 aromatic heterocycles. The first-order valence-electron chi connectivity index (χ1n) is 5.93. The van der Waals surface area contributed by atoms with Crippen molar-refractivity contribution in [3.05, 3.63) is 33.9 Å². The number of methoxy groups -OCH3 is 1. The second kappa shape index (κ2) is 7.03.